The first kappa shape index (κ1) is 13.5. The van der Waals surface area contributed by atoms with Gasteiger partial charge in [0.15, 0.2) is 0 Å². The lowest BCUT2D eigenvalue weighted by atomic mass is 9.81. The molecule has 1 aliphatic heterocycles. The number of hydrogen-bond acceptors (Lipinski definition) is 2. The minimum atomic E-state index is 0.0410. The van der Waals surface area contributed by atoms with Crippen LogP contribution < -0.4 is 10.6 Å². The van der Waals surface area contributed by atoms with Crippen molar-refractivity contribution in [3.63, 3.8) is 0 Å². The standard InChI is InChI=1S/C13H26N2O/c1-4-7-15-13(16)12-9-11(6-8-14-12)10(3)5-2/h10-12,14H,4-9H2,1-3H3,(H,15,16). The Morgan fingerprint density at radius 1 is 1.50 bits per heavy atom. The molecule has 16 heavy (non-hydrogen) atoms. The van der Waals surface area contributed by atoms with E-state index in [0.717, 1.165) is 31.8 Å². The van der Waals surface area contributed by atoms with Gasteiger partial charge >= 0.3 is 0 Å². The highest BCUT2D eigenvalue weighted by Crippen LogP contribution is 2.26. The molecule has 1 saturated heterocycles. The van der Waals surface area contributed by atoms with Crippen LogP contribution in [0.15, 0.2) is 0 Å². The summed E-state index contributed by atoms with van der Waals surface area (Å²) in [4.78, 5) is 11.8. The van der Waals surface area contributed by atoms with Gasteiger partial charge in [0.1, 0.15) is 0 Å². The molecule has 94 valence electrons. The molecule has 1 aliphatic rings. The molecule has 0 radical (unpaired) electrons. The maximum absolute atomic E-state index is 11.8. The highest BCUT2D eigenvalue weighted by Gasteiger charge is 2.28. The average molecular weight is 226 g/mol. The van der Waals surface area contributed by atoms with E-state index in [1.165, 1.54) is 12.8 Å². The summed E-state index contributed by atoms with van der Waals surface area (Å²) in [5.41, 5.74) is 0. The molecule has 1 fully saturated rings. The first-order valence-electron chi connectivity index (χ1n) is 6.70. The van der Waals surface area contributed by atoms with Gasteiger partial charge < -0.3 is 10.6 Å². The highest BCUT2D eigenvalue weighted by molar-refractivity contribution is 5.81. The summed E-state index contributed by atoms with van der Waals surface area (Å²) in [6.45, 7) is 8.40. The van der Waals surface area contributed by atoms with Gasteiger partial charge in [0.25, 0.3) is 0 Å². The van der Waals surface area contributed by atoms with Gasteiger partial charge in [0.05, 0.1) is 6.04 Å². The first-order chi connectivity index (χ1) is 7.69. The minimum absolute atomic E-state index is 0.0410. The van der Waals surface area contributed by atoms with Crippen molar-refractivity contribution in [2.24, 2.45) is 11.8 Å². The van der Waals surface area contributed by atoms with E-state index in [9.17, 15) is 4.79 Å². The molecule has 3 nitrogen and oxygen atoms in total. The van der Waals surface area contributed by atoms with E-state index in [1.54, 1.807) is 0 Å². The zero-order valence-corrected chi connectivity index (χ0v) is 10.9. The Bertz CT molecular complexity index is 218. The molecule has 1 heterocycles. The Balaban J connectivity index is 2.40. The van der Waals surface area contributed by atoms with Crippen LogP contribution in [0.2, 0.25) is 0 Å². The normalized spacial score (nSPS) is 27.4. The summed E-state index contributed by atoms with van der Waals surface area (Å²) < 4.78 is 0. The second-order valence-corrected chi connectivity index (χ2v) is 4.97. The second kappa shape index (κ2) is 6.89. The van der Waals surface area contributed by atoms with Crippen molar-refractivity contribution in [3.05, 3.63) is 0 Å². The molecule has 0 aromatic rings. The van der Waals surface area contributed by atoms with Crippen molar-refractivity contribution in [1.82, 2.24) is 10.6 Å². The van der Waals surface area contributed by atoms with Crippen LogP contribution in [0.25, 0.3) is 0 Å². The van der Waals surface area contributed by atoms with Gasteiger partial charge in [-0.2, -0.15) is 0 Å². The van der Waals surface area contributed by atoms with E-state index in [-0.39, 0.29) is 11.9 Å². The lowest BCUT2D eigenvalue weighted by Crippen LogP contribution is -2.49. The number of rotatable bonds is 5. The maximum atomic E-state index is 11.8. The molecule has 1 amide bonds. The summed E-state index contributed by atoms with van der Waals surface area (Å²) in [6.07, 6.45) is 4.44. The summed E-state index contributed by atoms with van der Waals surface area (Å²) >= 11 is 0. The third-order valence-corrected chi connectivity index (χ3v) is 3.76. The lowest BCUT2D eigenvalue weighted by Gasteiger charge is -2.32. The van der Waals surface area contributed by atoms with E-state index < -0.39 is 0 Å². The predicted molar refractivity (Wildman–Crippen MR) is 67.3 cm³/mol. The Kier molecular flexibility index (Phi) is 5.81. The van der Waals surface area contributed by atoms with Crippen molar-refractivity contribution in [1.29, 1.82) is 0 Å². The fraction of sp³-hybridized carbons (Fsp3) is 0.923. The molecular formula is C13H26N2O. The number of carbonyl (C=O) groups is 1. The molecule has 0 bridgehead atoms. The Labute approximate surface area is 99.4 Å². The molecule has 0 spiro atoms. The number of amides is 1. The van der Waals surface area contributed by atoms with Crippen LogP contribution in [0, 0.1) is 11.8 Å². The highest BCUT2D eigenvalue weighted by atomic mass is 16.2. The molecule has 0 aromatic heterocycles. The number of hydrogen-bond donors (Lipinski definition) is 2. The van der Waals surface area contributed by atoms with Crippen LogP contribution in [-0.2, 0) is 4.79 Å². The molecule has 3 unspecified atom stereocenters. The van der Waals surface area contributed by atoms with Gasteiger partial charge in [-0.1, -0.05) is 27.2 Å². The largest absolute Gasteiger partial charge is 0.355 e. The predicted octanol–water partition coefficient (Wildman–Crippen LogP) is 1.93. The third kappa shape index (κ3) is 3.78. The molecule has 1 rings (SSSR count). The Morgan fingerprint density at radius 2 is 2.25 bits per heavy atom. The smallest absolute Gasteiger partial charge is 0.237 e. The molecule has 2 N–H and O–H groups in total. The molecule has 0 aromatic carbocycles. The molecule has 3 atom stereocenters. The quantitative estimate of drug-likeness (QED) is 0.752. The second-order valence-electron chi connectivity index (χ2n) is 4.97. The van der Waals surface area contributed by atoms with Crippen LogP contribution in [0.4, 0.5) is 0 Å². The van der Waals surface area contributed by atoms with E-state index in [1.807, 2.05) is 0 Å². The van der Waals surface area contributed by atoms with Crippen molar-refractivity contribution in [2.45, 2.75) is 52.5 Å². The van der Waals surface area contributed by atoms with Gasteiger partial charge in [-0.15, -0.1) is 0 Å². The van der Waals surface area contributed by atoms with E-state index in [2.05, 4.69) is 31.4 Å². The van der Waals surface area contributed by atoms with Crippen LogP contribution >= 0.6 is 0 Å². The first-order valence-corrected chi connectivity index (χ1v) is 6.70. The van der Waals surface area contributed by atoms with Crippen LogP contribution in [-0.4, -0.2) is 25.0 Å². The SMILES string of the molecule is CCCNC(=O)C1CC(C(C)CC)CCN1. The number of nitrogens with one attached hydrogen (secondary N) is 2. The maximum Gasteiger partial charge on any atom is 0.237 e. The zero-order valence-electron chi connectivity index (χ0n) is 10.9. The van der Waals surface area contributed by atoms with Crippen molar-refractivity contribution in [2.75, 3.05) is 13.1 Å². The summed E-state index contributed by atoms with van der Waals surface area (Å²) in [5.74, 6) is 1.64. The van der Waals surface area contributed by atoms with Crippen molar-refractivity contribution < 1.29 is 4.79 Å². The summed E-state index contributed by atoms with van der Waals surface area (Å²) in [6, 6.07) is 0.0410. The van der Waals surface area contributed by atoms with Crippen LogP contribution in [0.1, 0.15) is 46.5 Å². The van der Waals surface area contributed by atoms with E-state index in [0.29, 0.717) is 5.92 Å². The van der Waals surface area contributed by atoms with E-state index in [4.69, 9.17) is 0 Å². The number of piperidine rings is 1. The van der Waals surface area contributed by atoms with Gasteiger partial charge in [0, 0.05) is 6.54 Å². The lowest BCUT2D eigenvalue weighted by molar-refractivity contribution is -0.124. The van der Waals surface area contributed by atoms with Crippen molar-refractivity contribution in [3.8, 4) is 0 Å². The van der Waals surface area contributed by atoms with Crippen LogP contribution in [0.5, 0.6) is 0 Å². The summed E-state index contributed by atoms with van der Waals surface area (Å²) in [7, 11) is 0. The molecule has 3 heteroatoms. The zero-order chi connectivity index (χ0) is 12.0. The molecule has 0 aliphatic carbocycles. The van der Waals surface area contributed by atoms with Gasteiger partial charge in [-0.05, 0) is 37.6 Å². The fourth-order valence-corrected chi connectivity index (χ4v) is 2.37. The Hall–Kier alpha value is -0.570. The van der Waals surface area contributed by atoms with Crippen molar-refractivity contribution >= 4 is 5.91 Å². The van der Waals surface area contributed by atoms with E-state index >= 15 is 0 Å². The Morgan fingerprint density at radius 3 is 2.88 bits per heavy atom. The van der Waals surface area contributed by atoms with Gasteiger partial charge in [0.2, 0.25) is 5.91 Å². The monoisotopic (exact) mass is 226 g/mol. The molecular weight excluding hydrogens is 200 g/mol. The van der Waals surface area contributed by atoms with Gasteiger partial charge in [-0.25, -0.2) is 0 Å². The van der Waals surface area contributed by atoms with Gasteiger partial charge in [-0.3, -0.25) is 4.79 Å². The fourth-order valence-electron chi connectivity index (χ4n) is 2.37. The average Bonchev–Trinajstić information content (AvgIpc) is 2.35. The summed E-state index contributed by atoms with van der Waals surface area (Å²) in [5, 5.41) is 6.30. The topological polar surface area (TPSA) is 41.1 Å². The van der Waals surface area contributed by atoms with Crippen LogP contribution in [0.3, 0.4) is 0 Å². The minimum Gasteiger partial charge on any atom is -0.355 e. The molecule has 0 saturated carbocycles. The third-order valence-electron chi connectivity index (χ3n) is 3.76. The number of carbonyl (C=O) groups excluding carboxylic acids is 1.